The fourth-order valence-corrected chi connectivity index (χ4v) is 4.75. The predicted molar refractivity (Wildman–Crippen MR) is 108 cm³/mol. The maximum absolute atomic E-state index is 11.4. The van der Waals surface area contributed by atoms with Crippen LogP contribution in [0.5, 0.6) is 0 Å². The Bertz CT molecular complexity index is 742. The largest absolute Gasteiger partial charge is 0.386 e. The van der Waals surface area contributed by atoms with Crippen LogP contribution in [0.15, 0.2) is 60.7 Å². The summed E-state index contributed by atoms with van der Waals surface area (Å²) in [6, 6.07) is 20.9. The minimum absolute atomic E-state index is 0.00920. The lowest BCUT2D eigenvalue weighted by Gasteiger charge is -2.44. The number of hydroxylamine groups is 2. The minimum Gasteiger partial charge on any atom is -0.386 e. The Hall–Kier alpha value is -1.68. The lowest BCUT2D eigenvalue weighted by atomic mass is 9.65. The van der Waals surface area contributed by atoms with Crippen LogP contribution in [0.2, 0.25) is 0 Å². The van der Waals surface area contributed by atoms with Gasteiger partial charge in [-0.3, -0.25) is 4.84 Å². The van der Waals surface area contributed by atoms with E-state index < -0.39 is 11.3 Å². The average molecular weight is 366 g/mol. The van der Waals surface area contributed by atoms with Crippen LogP contribution in [0.3, 0.4) is 0 Å². The fourth-order valence-electron chi connectivity index (χ4n) is 4.75. The average Bonchev–Trinajstić information content (AvgIpc) is 3.34. The maximum Gasteiger partial charge on any atom is 0.194 e. The van der Waals surface area contributed by atoms with Gasteiger partial charge in [-0.1, -0.05) is 81.4 Å². The van der Waals surface area contributed by atoms with E-state index in [9.17, 15) is 5.11 Å². The van der Waals surface area contributed by atoms with Crippen molar-refractivity contribution in [3.8, 4) is 0 Å². The molecule has 0 amide bonds. The van der Waals surface area contributed by atoms with Crippen molar-refractivity contribution in [1.29, 1.82) is 0 Å². The molecule has 1 heterocycles. The standard InChI is InChI=1S/C24H31NO2/c1-22(2,3)20-15-16-24(23(4,26)17-20)25(27-24)21(18-11-7-5-8-12-18)19-13-9-6-10-14-19/h5-14,20-21,26H,15-17H2,1-4H3/t20-,23-,24+,25?/m0/s1. The normalized spacial score (nSPS) is 33.4. The molecule has 0 aromatic heterocycles. The van der Waals surface area contributed by atoms with Crippen LogP contribution in [-0.2, 0) is 4.84 Å². The number of hydrogen-bond donors (Lipinski definition) is 1. The molecule has 4 rings (SSSR count). The lowest BCUT2D eigenvalue weighted by Crippen LogP contribution is -2.52. The molecule has 2 aromatic rings. The van der Waals surface area contributed by atoms with Crippen LogP contribution < -0.4 is 0 Å². The quantitative estimate of drug-likeness (QED) is 0.748. The van der Waals surface area contributed by atoms with E-state index in [1.807, 2.05) is 19.1 Å². The van der Waals surface area contributed by atoms with Crippen LogP contribution >= 0.6 is 0 Å². The summed E-state index contributed by atoms with van der Waals surface area (Å²) < 4.78 is 0. The summed E-state index contributed by atoms with van der Waals surface area (Å²) in [5.74, 6) is 0.496. The van der Waals surface area contributed by atoms with E-state index >= 15 is 0 Å². The highest BCUT2D eigenvalue weighted by Gasteiger charge is 2.70. The van der Waals surface area contributed by atoms with Gasteiger partial charge < -0.3 is 5.11 Å². The first kappa shape index (κ1) is 18.7. The zero-order valence-corrected chi connectivity index (χ0v) is 16.9. The molecule has 1 aliphatic heterocycles. The fraction of sp³-hybridized carbons (Fsp3) is 0.500. The van der Waals surface area contributed by atoms with Gasteiger partial charge in [-0.2, -0.15) is 0 Å². The second-order valence-electron chi connectivity index (χ2n) is 9.50. The van der Waals surface area contributed by atoms with Crippen molar-refractivity contribution in [2.24, 2.45) is 11.3 Å². The van der Waals surface area contributed by atoms with Gasteiger partial charge in [0.15, 0.2) is 5.72 Å². The van der Waals surface area contributed by atoms with Crippen molar-refractivity contribution in [1.82, 2.24) is 5.06 Å². The smallest absolute Gasteiger partial charge is 0.194 e. The number of hydrogen-bond acceptors (Lipinski definition) is 3. The highest BCUT2D eigenvalue weighted by molar-refractivity contribution is 5.33. The van der Waals surface area contributed by atoms with Gasteiger partial charge in [0.25, 0.3) is 0 Å². The van der Waals surface area contributed by atoms with E-state index in [4.69, 9.17) is 4.84 Å². The van der Waals surface area contributed by atoms with E-state index in [0.717, 1.165) is 19.3 Å². The molecular formula is C24H31NO2. The summed E-state index contributed by atoms with van der Waals surface area (Å²) >= 11 is 0. The molecule has 0 bridgehead atoms. The summed E-state index contributed by atoms with van der Waals surface area (Å²) in [6.07, 6.45) is 2.70. The molecule has 2 aliphatic rings. The summed E-state index contributed by atoms with van der Waals surface area (Å²) in [6.45, 7) is 8.77. The topological polar surface area (TPSA) is 35.8 Å². The molecule has 2 fully saturated rings. The van der Waals surface area contributed by atoms with Gasteiger partial charge in [-0.15, -0.1) is 5.06 Å². The van der Waals surface area contributed by atoms with Crippen LogP contribution in [0.1, 0.15) is 64.1 Å². The van der Waals surface area contributed by atoms with Crippen molar-refractivity contribution >= 4 is 0 Å². The Morgan fingerprint density at radius 2 is 1.52 bits per heavy atom. The summed E-state index contributed by atoms with van der Waals surface area (Å²) in [4.78, 5) is 6.28. The molecular weight excluding hydrogens is 334 g/mol. The van der Waals surface area contributed by atoms with Crippen molar-refractivity contribution in [3.05, 3.63) is 71.8 Å². The summed E-state index contributed by atoms with van der Waals surface area (Å²) in [7, 11) is 0. The molecule has 0 radical (unpaired) electrons. The third-order valence-electron chi connectivity index (χ3n) is 6.58. The molecule has 4 atom stereocenters. The minimum atomic E-state index is -0.870. The van der Waals surface area contributed by atoms with Crippen LogP contribution in [0.4, 0.5) is 0 Å². The highest BCUT2D eigenvalue weighted by atomic mass is 16.9. The van der Waals surface area contributed by atoms with Crippen molar-refractivity contribution in [2.75, 3.05) is 0 Å². The third-order valence-corrected chi connectivity index (χ3v) is 6.58. The third kappa shape index (κ3) is 3.22. The van der Waals surface area contributed by atoms with Crippen molar-refractivity contribution < 1.29 is 9.94 Å². The van der Waals surface area contributed by atoms with Crippen LogP contribution in [0, 0.1) is 11.3 Å². The lowest BCUT2D eigenvalue weighted by molar-refractivity contribution is -0.0872. The van der Waals surface area contributed by atoms with Gasteiger partial charge in [0.2, 0.25) is 0 Å². The molecule has 1 saturated heterocycles. The Morgan fingerprint density at radius 3 is 1.96 bits per heavy atom. The van der Waals surface area contributed by atoms with E-state index in [2.05, 4.69) is 74.4 Å². The SMILES string of the molecule is CC(C)(C)[C@H]1CC[C@@]2(ON2C(c2ccccc2)c2ccccc2)[C@@](C)(O)C1. The first-order chi connectivity index (χ1) is 12.7. The second-order valence-corrected chi connectivity index (χ2v) is 9.50. The molecule has 1 unspecified atom stereocenters. The Balaban J connectivity index is 1.67. The molecule has 1 saturated carbocycles. The Labute approximate surface area is 162 Å². The first-order valence-electron chi connectivity index (χ1n) is 10.1. The van der Waals surface area contributed by atoms with Crippen LogP contribution in [0.25, 0.3) is 0 Å². The zero-order chi connectivity index (χ0) is 19.3. The number of aliphatic hydroxyl groups is 1. The van der Waals surface area contributed by atoms with E-state index in [1.165, 1.54) is 11.1 Å². The summed E-state index contributed by atoms with van der Waals surface area (Å²) in [5.41, 5.74) is 1.11. The molecule has 1 spiro atoms. The Morgan fingerprint density at radius 1 is 1.00 bits per heavy atom. The molecule has 144 valence electrons. The molecule has 3 heteroatoms. The van der Waals surface area contributed by atoms with Crippen molar-refractivity contribution in [2.45, 2.75) is 64.3 Å². The van der Waals surface area contributed by atoms with Crippen LogP contribution in [-0.4, -0.2) is 21.5 Å². The van der Waals surface area contributed by atoms with Gasteiger partial charge in [-0.05, 0) is 48.6 Å². The molecule has 2 aromatic carbocycles. The number of rotatable bonds is 3. The monoisotopic (exact) mass is 365 g/mol. The van der Waals surface area contributed by atoms with Gasteiger partial charge >= 0.3 is 0 Å². The zero-order valence-electron chi connectivity index (χ0n) is 16.9. The molecule has 27 heavy (non-hydrogen) atoms. The second kappa shape index (κ2) is 6.44. The first-order valence-corrected chi connectivity index (χ1v) is 10.1. The van der Waals surface area contributed by atoms with Gasteiger partial charge in [0.1, 0.15) is 5.60 Å². The van der Waals surface area contributed by atoms with Gasteiger partial charge in [0, 0.05) is 0 Å². The van der Waals surface area contributed by atoms with Gasteiger partial charge in [-0.25, -0.2) is 0 Å². The van der Waals surface area contributed by atoms with E-state index in [0.29, 0.717) is 5.92 Å². The maximum atomic E-state index is 11.4. The molecule has 3 nitrogen and oxygen atoms in total. The number of nitrogens with zero attached hydrogens (tertiary/aromatic N) is 1. The van der Waals surface area contributed by atoms with E-state index in [1.54, 1.807) is 0 Å². The highest BCUT2D eigenvalue weighted by Crippen LogP contribution is 2.60. The summed E-state index contributed by atoms with van der Waals surface area (Å²) in [5, 5.41) is 13.5. The van der Waals surface area contributed by atoms with Crippen molar-refractivity contribution in [3.63, 3.8) is 0 Å². The number of benzene rings is 2. The predicted octanol–water partition coefficient (Wildman–Crippen LogP) is 5.32. The molecule has 1 N–H and O–H groups in total. The van der Waals surface area contributed by atoms with E-state index in [-0.39, 0.29) is 11.5 Å². The molecule has 1 aliphatic carbocycles. The van der Waals surface area contributed by atoms with Gasteiger partial charge in [0.05, 0.1) is 6.04 Å². The Kier molecular flexibility index (Phi) is 4.45.